The summed E-state index contributed by atoms with van der Waals surface area (Å²) in [4.78, 5) is 9.98. The van der Waals surface area contributed by atoms with Gasteiger partial charge in [0.15, 0.2) is 5.96 Å². The molecule has 1 aromatic heterocycles. The largest absolute Gasteiger partial charge is 0.497 e. The first-order valence-electron chi connectivity index (χ1n) is 7.18. The summed E-state index contributed by atoms with van der Waals surface area (Å²) in [7, 11) is 1.67. The van der Waals surface area contributed by atoms with Crippen LogP contribution in [0.25, 0.3) is 0 Å². The number of nitrogens with one attached hydrogen (secondary N) is 1. The lowest BCUT2D eigenvalue weighted by molar-refractivity contribution is 0.414. The number of aryl methyl sites for hydroxylation is 2. The van der Waals surface area contributed by atoms with E-state index in [1.807, 2.05) is 19.1 Å². The maximum Gasteiger partial charge on any atom is 0.188 e. The summed E-state index contributed by atoms with van der Waals surface area (Å²) >= 11 is 1.69. The van der Waals surface area contributed by atoms with Gasteiger partial charge in [0.1, 0.15) is 5.75 Å². The third-order valence-corrected chi connectivity index (χ3v) is 4.21. The van der Waals surface area contributed by atoms with Crippen molar-refractivity contribution in [2.45, 2.75) is 26.8 Å². The molecule has 0 fully saturated rings. The lowest BCUT2D eigenvalue weighted by atomic mass is 10.1. The molecule has 0 bridgehead atoms. The van der Waals surface area contributed by atoms with Crippen molar-refractivity contribution in [2.24, 2.45) is 10.7 Å². The fraction of sp³-hybridized carbons (Fsp3) is 0.375. The number of hydrogen-bond donors (Lipinski definition) is 2. The topological polar surface area (TPSA) is 72.5 Å². The Balaban J connectivity index is 1.78. The van der Waals surface area contributed by atoms with E-state index in [0.717, 1.165) is 29.4 Å². The Morgan fingerprint density at radius 3 is 2.64 bits per heavy atom. The molecule has 2 rings (SSSR count). The van der Waals surface area contributed by atoms with Crippen molar-refractivity contribution in [3.8, 4) is 5.75 Å². The third-order valence-electron chi connectivity index (χ3n) is 3.28. The highest BCUT2D eigenvalue weighted by molar-refractivity contribution is 7.11. The van der Waals surface area contributed by atoms with Gasteiger partial charge in [-0.1, -0.05) is 12.1 Å². The van der Waals surface area contributed by atoms with Gasteiger partial charge in [0.25, 0.3) is 0 Å². The molecule has 6 heteroatoms. The second-order valence-electron chi connectivity index (χ2n) is 4.96. The number of nitrogens with zero attached hydrogens (tertiary/aromatic N) is 2. The van der Waals surface area contributed by atoms with Crippen LogP contribution >= 0.6 is 11.3 Å². The van der Waals surface area contributed by atoms with E-state index < -0.39 is 0 Å². The second kappa shape index (κ2) is 7.79. The standard InChI is InChI=1S/C16H22N4OS/c1-11-15(20-12(2)22-11)10-19-16(17)18-9-8-13-4-6-14(21-3)7-5-13/h4-7H,8-10H2,1-3H3,(H3,17,18,19). The molecule has 0 saturated heterocycles. The molecule has 118 valence electrons. The lowest BCUT2D eigenvalue weighted by Gasteiger charge is -2.06. The Bertz CT molecular complexity index is 634. The molecule has 1 aromatic carbocycles. The van der Waals surface area contributed by atoms with Crippen LogP contribution in [0.1, 0.15) is 21.1 Å². The van der Waals surface area contributed by atoms with Gasteiger partial charge in [0, 0.05) is 11.4 Å². The number of aliphatic imine (C=N–C) groups is 1. The quantitative estimate of drug-likeness (QED) is 0.634. The number of aromatic nitrogens is 1. The highest BCUT2D eigenvalue weighted by atomic mass is 32.1. The summed E-state index contributed by atoms with van der Waals surface area (Å²) in [6.07, 6.45) is 0.884. The minimum Gasteiger partial charge on any atom is -0.497 e. The first-order valence-corrected chi connectivity index (χ1v) is 7.99. The molecule has 0 aliphatic rings. The fourth-order valence-corrected chi connectivity index (χ4v) is 2.89. The molecular formula is C16H22N4OS. The average Bonchev–Trinajstić information content (AvgIpc) is 2.84. The van der Waals surface area contributed by atoms with E-state index >= 15 is 0 Å². The van der Waals surface area contributed by atoms with E-state index in [0.29, 0.717) is 12.5 Å². The van der Waals surface area contributed by atoms with E-state index in [9.17, 15) is 0 Å². The molecule has 0 radical (unpaired) electrons. The van der Waals surface area contributed by atoms with Crippen molar-refractivity contribution in [2.75, 3.05) is 13.7 Å². The van der Waals surface area contributed by atoms with E-state index in [1.165, 1.54) is 10.4 Å². The molecule has 0 aliphatic carbocycles. The zero-order chi connectivity index (χ0) is 15.9. The molecule has 0 spiro atoms. The molecule has 0 aliphatic heterocycles. The Labute approximate surface area is 135 Å². The number of benzene rings is 1. The predicted molar refractivity (Wildman–Crippen MR) is 91.6 cm³/mol. The van der Waals surface area contributed by atoms with E-state index in [2.05, 4.69) is 34.3 Å². The molecule has 22 heavy (non-hydrogen) atoms. The van der Waals surface area contributed by atoms with Crippen molar-refractivity contribution >= 4 is 17.3 Å². The number of methoxy groups -OCH3 is 1. The Morgan fingerprint density at radius 1 is 1.32 bits per heavy atom. The van der Waals surface area contributed by atoms with Gasteiger partial charge in [-0.2, -0.15) is 0 Å². The second-order valence-corrected chi connectivity index (χ2v) is 6.37. The van der Waals surface area contributed by atoms with Gasteiger partial charge < -0.3 is 15.8 Å². The Morgan fingerprint density at radius 2 is 2.05 bits per heavy atom. The smallest absolute Gasteiger partial charge is 0.188 e. The summed E-state index contributed by atoms with van der Waals surface area (Å²) < 4.78 is 5.14. The van der Waals surface area contributed by atoms with Crippen molar-refractivity contribution in [1.82, 2.24) is 10.3 Å². The van der Waals surface area contributed by atoms with Crippen LogP contribution in [0.15, 0.2) is 29.3 Å². The number of rotatable bonds is 6. The van der Waals surface area contributed by atoms with Crippen LogP contribution in [0.5, 0.6) is 5.75 Å². The zero-order valence-electron chi connectivity index (χ0n) is 13.2. The van der Waals surface area contributed by atoms with Crippen molar-refractivity contribution < 1.29 is 4.74 Å². The van der Waals surface area contributed by atoms with Gasteiger partial charge >= 0.3 is 0 Å². The van der Waals surface area contributed by atoms with E-state index in [-0.39, 0.29) is 0 Å². The number of nitrogens with two attached hydrogens (primary N) is 1. The molecule has 0 saturated carbocycles. The van der Waals surface area contributed by atoms with Gasteiger partial charge in [-0.15, -0.1) is 11.3 Å². The molecule has 3 N–H and O–H groups in total. The molecular weight excluding hydrogens is 296 g/mol. The van der Waals surface area contributed by atoms with Crippen LogP contribution in [0.3, 0.4) is 0 Å². The van der Waals surface area contributed by atoms with Crippen molar-refractivity contribution in [3.05, 3.63) is 45.4 Å². The summed E-state index contributed by atoms with van der Waals surface area (Å²) in [5.41, 5.74) is 8.11. The first-order chi connectivity index (χ1) is 10.6. The predicted octanol–water partition coefficient (Wildman–Crippen LogP) is 2.42. The Hall–Kier alpha value is -2.08. The normalized spacial score (nSPS) is 11.5. The van der Waals surface area contributed by atoms with E-state index in [4.69, 9.17) is 10.5 Å². The first kappa shape index (κ1) is 16.3. The van der Waals surface area contributed by atoms with Crippen LogP contribution in [-0.2, 0) is 13.0 Å². The number of guanidine groups is 1. The molecule has 5 nitrogen and oxygen atoms in total. The molecule has 0 amide bonds. The number of ether oxygens (including phenoxy) is 1. The molecule has 1 heterocycles. The van der Waals surface area contributed by atoms with Crippen LogP contribution in [0.4, 0.5) is 0 Å². The lowest BCUT2D eigenvalue weighted by Crippen LogP contribution is -2.33. The SMILES string of the molecule is COc1ccc(CCNC(N)=NCc2nc(C)sc2C)cc1. The van der Waals surface area contributed by atoms with E-state index in [1.54, 1.807) is 18.4 Å². The maximum absolute atomic E-state index is 5.88. The van der Waals surface area contributed by atoms with Crippen molar-refractivity contribution in [3.63, 3.8) is 0 Å². The summed E-state index contributed by atoms with van der Waals surface area (Å²) in [6, 6.07) is 8.02. The molecule has 0 atom stereocenters. The van der Waals surface area contributed by atoms with Crippen LogP contribution in [0, 0.1) is 13.8 Å². The molecule has 2 aromatic rings. The van der Waals surface area contributed by atoms with Gasteiger partial charge in [-0.25, -0.2) is 9.98 Å². The van der Waals surface area contributed by atoms with Gasteiger partial charge in [0.05, 0.1) is 24.4 Å². The number of thiazole rings is 1. The fourth-order valence-electron chi connectivity index (χ4n) is 2.06. The summed E-state index contributed by atoms with van der Waals surface area (Å²) in [5, 5.41) is 4.19. The van der Waals surface area contributed by atoms with Gasteiger partial charge in [-0.3, -0.25) is 0 Å². The molecule has 0 unspecified atom stereocenters. The third kappa shape index (κ3) is 4.73. The highest BCUT2D eigenvalue weighted by Crippen LogP contribution is 2.16. The van der Waals surface area contributed by atoms with Crippen LogP contribution in [-0.4, -0.2) is 24.6 Å². The van der Waals surface area contributed by atoms with Crippen LogP contribution < -0.4 is 15.8 Å². The zero-order valence-corrected chi connectivity index (χ0v) is 14.0. The average molecular weight is 318 g/mol. The highest BCUT2D eigenvalue weighted by Gasteiger charge is 2.03. The van der Waals surface area contributed by atoms with Gasteiger partial charge in [0.2, 0.25) is 0 Å². The maximum atomic E-state index is 5.88. The summed E-state index contributed by atoms with van der Waals surface area (Å²) in [6.45, 7) is 5.33. The Kier molecular flexibility index (Phi) is 5.77. The minimum atomic E-state index is 0.457. The monoisotopic (exact) mass is 318 g/mol. The minimum absolute atomic E-state index is 0.457. The summed E-state index contributed by atoms with van der Waals surface area (Å²) in [5.74, 6) is 1.32. The number of hydrogen-bond acceptors (Lipinski definition) is 4. The van der Waals surface area contributed by atoms with Crippen LogP contribution in [0.2, 0.25) is 0 Å². The van der Waals surface area contributed by atoms with Gasteiger partial charge in [-0.05, 0) is 38.0 Å². The van der Waals surface area contributed by atoms with Crippen molar-refractivity contribution in [1.29, 1.82) is 0 Å².